The number of carbonyl (C=O) groups excluding carboxylic acids is 5. The number of aliphatic hydroxyl groups is 3. The highest BCUT2D eigenvalue weighted by Crippen LogP contribution is 2.25. The number of ketones is 1. The molecule has 7 N–H and O–H groups in total. The van der Waals surface area contributed by atoms with Crippen molar-refractivity contribution in [3.05, 3.63) is 29.8 Å². The van der Waals surface area contributed by atoms with Gasteiger partial charge in [-0.05, 0) is 36.5 Å². The topological polar surface area (TPSA) is 233 Å². The van der Waals surface area contributed by atoms with Gasteiger partial charge in [0.15, 0.2) is 12.1 Å². The van der Waals surface area contributed by atoms with Gasteiger partial charge in [0.1, 0.15) is 24.6 Å². The van der Waals surface area contributed by atoms with E-state index >= 15 is 0 Å². The van der Waals surface area contributed by atoms with Gasteiger partial charge in [-0.3, -0.25) is 19.2 Å². The summed E-state index contributed by atoms with van der Waals surface area (Å²) in [5.74, 6) is -3.03. The minimum absolute atomic E-state index is 0.139. The fourth-order valence-corrected chi connectivity index (χ4v) is 5.06. The van der Waals surface area contributed by atoms with Crippen LogP contribution in [-0.2, 0) is 39.8 Å². The van der Waals surface area contributed by atoms with Crippen LogP contribution in [0.4, 0.5) is 4.79 Å². The molecule has 3 amide bonds. The zero-order valence-electron chi connectivity index (χ0n) is 28.1. The van der Waals surface area contributed by atoms with Crippen LogP contribution in [0.15, 0.2) is 24.3 Å². The number of unbranched alkanes of at least 4 members (excludes halogenated alkanes) is 2. The number of amides is 3. The number of aliphatic hydroxyl groups excluding tert-OH is 3. The molecule has 1 heterocycles. The lowest BCUT2D eigenvalue weighted by molar-refractivity contribution is -0.266. The second-order valence-electron chi connectivity index (χ2n) is 12.1. The summed E-state index contributed by atoms with van der Waals surface area (Å²) >= 11 is 0. The Morgan fingerprint density at radius 2 is 1.69 bits per heavy atom. The smallest absolute Gasteiger partial charge is 0.457 e. The molecule has 270 valence electrons. The van der Waals surface area contributed by atoms with Crippen LogP contribution in [0.5, 0.6) is 5.75 Å². The van der Waals surface area contributed by atoms with Gasteiger partial charge in [-0.25, -0.2) is 4.79 Å². The van der Waals surface area contributed by atoms with Gasteiger partial charge in [0.25, 0.3) is 0 Å². The molecule has 1 aliphatic rings. The van der Waals surface area contributed by atoms with E-state index in [-0.39, 0.29) is 43.4 Å². The molecule has 0 bridgehead atoms. The van der Waals surface area contributed by atoms with Crippen LogP contribution in [0, 0.1) is 17.8 Å². The lowest BCUT2D eigenvalue weighted by atomic mass is 9.84. The molecular weight excluding hydrogens is 630 g/mol. The van der Waals surface area contributed by atoms with E-state index in [2.05, 4.69) is 10.6 Å². The van der Waals surface area contributed by atoms with Crippen molar-refractivity contribution in [2.24, 2.45) is 23.5 Å². The van der Waals surface area contributed by atoms with Crippen LogP contribution < -0.4 is 21.1 Å². The summed E-state index contributed by atoms with van der Waals surface area (Å²) < 4.78 is 20.4. The SMILES string of the molecule is CCCCCC(=O)NC(Cc1ccc(OCOC(=O)OC[C@H]2OC(O)[C@H](C)[C@@H](O)[C@@H]2O)cc1)C(=O)CC(C(=O)NCC(N)=O)C(C)CC. The monoisotopic (exact) mass is 681 g/mol. The molecule has 1 fully saturated rings. The van der Waals surface area contributed by atoms with Crippen LogP contribution in [0.3, 0.4) is 0 Å². The zero-order chi connectivity index (χ0) is 35.8. The highest BCUT2D eigenvalue weighted by Gasteiger charge is 2.42. The second-order valence-corrected chi connectivity index (χ2v) is 12.1. The average molecular weight is 682 g/mol. The number of hydrogen-bond acceptors (Lipinski definition) is 12. The molecule has 0 aliphatic carbocycles. The number of ether oxygens (including phenoxy) is 4. The molecule has 1 aromatic carbocycles. The molecule has 0 saturated carbocycles. The summed E-state index contributed by atoms with van der Waals surface area (Å²) in [6.07, 6.45) is -2.87. The minimum atomic E-state index is -1.37. The van der Waals surface area contributed by atoms with Crippen LogP contribution >= 0.6 is 0 Å². The van der Waals surface area contributed by atoms with E-state index < -0.39 is 73.8 Å². The molecule has 1 aliphatic heterocycles. The van der Waals surface area contributed by atoms with Gasteiger partial charge in [-0.2, -0.15) is 0 Å². The van der Waals surface area contributed by atoms with E-state index in [4.69, 9.17) is 24.7 Å². The van der Waals surface area contributed by atoms with E-state index in [1.54, 1.807) is 24.3 Å². The van der Waals surface area contributed by atoms with Crippen LogP contribution in [0.2, 0.25) is 0 Å². The van der Waals surface area contributed by atoms with Gasteiger partial charge in [0.05, 0.1) is 18.7 Å². The number of nitrogens with one attached hydrogen (secondary N) is 2. The van der Waals surface area contributed by atoms with Crippen molar-refractivity contribution < 1.29 is 58.2 Å². The fraction of sp³-hybridized carbons (Fsp3) is 0.667. The van der Waals surface area contributed by atoms with Crippen molar-refractivity contribution in [1.82, 2.24) is 10.6 Å². The number of nitrogens with two attached hydrogens (primary N) is 1. The summed E-state index contributed by atoms with van der Waals surface area (Å²) in [7, 11) is 0. The van der Waals surface area contributed by atoms with Crippen molar-refractivity contribution in [1.29, 1.82) is 0 Å². The van der Waals surface area contributed by atoms with Gasteiger partial charge < -0.3 is 50.6 Å². The largest absolute Gasteiger partial charge is 0.511 e. The van der Waals surface area contributed by atoms with E-state index in [1.807, 2.05) is 20.8 Å². The summed E-state index contributed by atoms with van der Waals surface area (Å²) in [5.41, 5.74) is 5.86. The number of Topliss-reactive ketones (excluding diaryl/α,β-unsaturated/α-hetero) is 1. The van der Waals surface area contributed by atoms with E-state index in [0.29, 0.717) is 24.2 Å². The number of hydrogen-bond donors (Lipinski definition) is 6. The van der Waals surface area contributed by atoms with Crippen molar-refractivity contribution in [2.75, 3.05) is 19.9 Å². The van der Waals surface area contributed by atoms with Crippen LogP contribution in [-0.4, -0.2) is 95.6 Å². The fourth-order valence-electron chi connectivity index (χ4n) is 5.06. The Bertz CT molecular complexity index is 1200. The lowest BCUT2D eigenvalue weighted by Gasteiger charge is -2.38. The standard InChI is InChI=1S/C33H51N3O12/c1-5-7-8-9-28(39)36-24(25(37)15-23(19(3)6-2)31(42)35-16-27(34)38)14-21-10-12-22(13-11-21)46-18-47-33(44)45-17-26-30(41)29(40)20(4)32(43)48-26/h10-13,19-20,23-24,26,29-30,32,40-41,43H,5-9,14-18H2,1-4H3,(H2,34,38)(H,35,42)(H,36,39)/t19?,20-,23?,24?,26-,29-,30-,32?/m1/s1. The van der Waals surface area contributed by atoms with Gasteiger partial charge in [0.2, 0.25) is 24.5 Å². The second kappa shape index (κ2) is 20.5. The first-order valence-electron chi connectivity index (χ1n) is 16.4. The third-order valence-corrected chi connectivity index (χ3v) is 8.42. The molecule has 48 heavy (non-hydrogen) atoms. The highest BCUT2D eigenvalue weighted by molar-refractivity contribution is 5.93. The van der Waals surface area contributed by atoms with Gasteiger partial charge in [-0.1, -0.05) is 59.1 Å². The number of primary amides is 1. The number of carbonyl (C=O) groups is 5. The van der Waals surface area contributed by atoms with Gasteiger partial charge in [-0.15, -0.1) is 0 Å². The molecule has 2 rings (SSSR count). The number of benzene rings is 1. The Morgan fingerprint density at radius 1 is 1.00 bits per heavy atom. The Labute approximate surface area is 280 Å². The van der Waals surface area contributed by atoms with Gasteiger partial charge in [0, 0.05) is 24.7 Å². The molecule has 8 atom stereocenters. The van der Waals surface area contributed by atoms with Crippen LogP contribution in [0.25, 0.3) is 0 Å². The molecule has 0 aromatic heterocycles. The number of rotatable bonds is 20. The predicted octanol–water partition coefficient (Wildman–Crippen LogP) is 1.08. The highest BCUT2D eigenvalue weighted by atomic mass is 16.8. The van der Waals surface area contributed by atoms with Crippen molar-refractivity contribution in [2.45, 2.75) is 103 Å². The third-order valence-electron chi connectivity index (χ3n) is 8.42. The maximum atomic E-state index is 13.6. The van der Waals surface area contributed by atoms with E-state index in [1.165, 1.54) is 6.92 Å². The summed E-state index contributed by atoms with van der Waals surface area (Å²) in [6, 6.07) is 5.63. The molecule has 1 aromatic rings. The Kier molecular flexibility index (Phi) is 17.3. The normalized spacial score (nSPS) is 22.4. The molecule has 15 heteroatoms. The average Bonchev–Trinajstić information content (AvgIpc) is 3.06. The molecule has 1 saturated heterocycles. The molecule has 15 nitrogen and oxygen atoms in total. The van der Waals surface area contributed by atoms with Crippen molar-refractivity contribution >= 4 is 29.7 Å². The van der Waals surface area contributed by atoms with Crippen molar-refractivity contribution in [3.8, 4) is 5.75 Å². The third kappa shape index (κ3) is 13.4. The first kappa shape index (κ1) is 40.4. The molecule has 0 radical (unpaired) electrons. The Morgan fingerprint density at radius 3 is 2.31 bits per heavy atom. The first-order valence-corrected chi connectivity index (χ1v) is 16.4. The zero-order valence-corrected chi connectivity index (χ0v) is 28.1. The Balaban J connectivity index is 1.98. The predicted molar refractivity (Wildman–Crippen MR) is 171 cm³/mol. The molecule has 0 spiro atoms. The quantitative estimate of drug-likeness (QED) is 0.0645. The summed E-state index contributed by atoms with van der Waals surface area (Å²) in [4.78, 5) is 62.3. The Hall–Kier alpha value is -3.79. The summed E-state index contributed by atoms with van der Waals surface area (Å²) in [5, 5.41) is 35.2. The summed E-state index contributed by atoms with van der Waals surface area (Å²) in [6.45, 7) is 5.93. The van der Waals surface area contributed by atoms with E-state index in [9.17, 15) is 39.3 Å². The first-order chi connectivity index (χ1) is 22.8. The van der Waals surface area contributed by atoms with Crippen molar-refractivity contribution in [3.63, 3.8) is 0 Å². The van der Waals surface area contributed by atoms with Crippen LogP contribution in [0.1, 0.15) is 71.8 Å². The maximum Gasteiger partial charge on any atom is 0.511 e. The minimum Gasteiger partial charge on any atom is -0.457 e. The molecular formula is C33H51N3O12. The van der Waals surface area contributed by atoms with E-state index in [0.717, 1.165) is 12.8 Å². The van der Waals surface area contributed by atoms with Gasteiger partial charge >= 0.3 is 6.16 Å². The lowest BCUT2D eigenvalue weighted by Crippen LogP contribution is -2.55. The molecule has 4 unspecified atom stereocenters. The maximum absolute atomic E-state index is 13.6.